The van der Waals surface area contributed by atoms with Crippen molar-refractivity contribution in [2.45, 2.75) is 0 Å². The van der Waals surface area contributed by atoms with Gasteiger partial charge in [-0.2, -0.15) is 0 Å². The van der Waals surface area contributed by atoms with Gasteiger partial charge in [0.1, 0.15) is 22.4 Å². The van der Waals surface area contributed by atoms with E-state index in [-0.39, 0.29) is 21.8 Å². The van der Waals surface area contributed by atoms with Crippen molar-refractivity contribution in [3.8, 4) is 11.6 Å². The van der Waals surface area contributed by atoms with Crippen LogP contribution in [0.25, 0.3) is 0 Å². The normalized spacial score (nSPS) is 10.4. The minimum Gasteiger partial charge on any atom is -0.438 e. The zero-order valence-electron chi connectivity index (χ0n) is 8.12. The summed E-state index contributed by atoms with van der Waals surface area (Å²) in [5.74, 6) is -0.102. The molecule has 0 spiro atoms. The second-order valence-corrected chi connectivity index (χ2v) is 4.52. The molecular weight excluding hydrogens is 334 g/mol. The minimum atomic E-state index is -0.569. The van der Waals surface area contributed by atoms with Gasteiger partial charge in [-0.15, -0.1) is 0 Å². The van der Waals surface area contributed by atoms with E-state index in [0.29, 0.717) is 4.47 Å². The summed E-state index contributed by atoms with van der Waals surface area (Å²) >= 11 is 14.5. The van der Waals surface area contributed by atoms with Crippen molar-refractivity contribution in [1.82, 2.24) is 9.97 Å². The number of benzene rings is 1. The molecule has 7 heteroatoms. The van der Waals surface area contributed by atoms with E-state index in [1.807, 2.05) is 0 Å². The summed E-state index contributed by atoms with van der Waals surface area (Å²) in [6.07, 6.45) is 1.24. The predicted molar refractivity (Wildman–Crippen MR) is 66.2 cm³/mol. The largest absolute Gasteiger partial charge is 0.438 e. The first-order valence-corrected chi connectivity index (χ1v) is 5.91. The Balaban J connectivity index is 2.31. The fraction of sp³-hybridized carbons (Fsp3) is 0. The van der Waals surface area contributed by atoms with Crippen molar-refractivity contribution in [3.63, 3.8) is 0 Å². The van der Waals surface area contributed by atoms with Crippen LogP contribution in [0.2, 0.25) is 10.2 Å². The highest BCUT2D eigenvalue weighted by Gasteiger charge is 2.10. The first-order valence-electron chi connectivity index (χ1n) is 4.37. The molecule has 0 aliphatic carbocycles. The number of aromatic nitrogens is 2. The van der Waals surface area contributed by atoms with Crippen LogP contribution in [0.3, 0.4) is 0 Å². The topological polar surface area (TPSA) is 35.0 Å². The Morgan fingerprint density at radius 2 is 2.00 bits per heavy atom. The lowest BCUT2D eigenvalue weighted by molar-refractivity contribution is 0.453. The molecule has 17 heavy (non-hydrogen) atoms. The highest BCUT2D eigenvalue weighted by molar-refractivity contribution is 9.10. The molecule has 0 bridgehead atoms. The lowest BCUT2D eigenvalue weighted by atomic mass is 10.3. The van der Waals surface area contributed by atoms with E-state index in [4.69, 9.17) is 27.9 Å². The molecule has 0 radical (unpaired) electrons. The van der Waals surface area contributed by atoms with Crippen LogP contribution in [-0.4, -0.2) is 9.97 Å². The van der Waals surface area contributed by atoms with Crippen molar-refractivity contribution in [2.24, 2.45) is 0 Å². The van der Waals surface area contributed by atoms with Crippen molar-refractivity contribution in [3.05, 3.63) is 45.0 Å². The zero-order chi connectivity index (χ0) is 12.4. The number of hydrogen-bond donors (Lipinski definition) is 0. The second-order valence-electron chi connectivity index (χ2n) is 2.96. The summed E-state index contributed by atoms with van der Waals surface area (Å²) in [6.45, 7) is 0. The van der Waals surface area contributed by atoms with Crippen LogP contribution < -0.4 is 4.74 Å². The van der Waals surface area contributed by atoms with Gasteiger partial charge in [0.2, 0.25) is 5.88 Å². The molecule has 0 unspecified atom stereocenters. The van der Waals surface area contributed by atoms with Gasteiger partial charge in [0.25, 0.3) is 0 Å². The Kier molecular flexibility index (Phi) is 3.81. The molecule has 1 aromatic heterocycles. The number of halogens is 4. The van der Waals surface area contributed by atoms with Crippen molar-refractivity contribution >= 4 is 39.1 Å². The molecule has 0 atom stereocenters. The third kappa shape index (κ3) is 2.86. The Labute approximate surface area is 115 Å². The van der Waals surface area contributed by atoms with E-state index >= 15 is 0 Å². The van der Waals surface area contributed by atoms with E-state index in [1.54, 1.807) is 0 Å². The molecule has 0 saturated heterocycles. The van der Waals surface area contributed by atoms with Gasteiger partial charge >= 0.3 is 0 Å². The summed E-state index contributed by atoms with van der Waals surface area (Å²) in [4.78, 5) is 7.61. The van der Waals surface area contributed by atoms with E-state index in [1.165, 1.54) is 18.5 Å². The highest BCUT2D eigenvalue weighted by atomic mass is 79.9. The Hall–Kier alpha value is -0.910. The standard InChI is InChI=1S/C10H4BrCl2FN2O/c11-8-9(13)15-4-16-10(8)17-5-1-2-6(12)7(14)3-5/h1-4H. The molecule has 1 heterocycles. The lowest BCUT2D eigenvalue weighted by Crippen LogP contribution is -1.92. The van der Waals surface area contributed by atoms with Gasteiger partial charge in [0.15, 0.2) is 5.15 Å². The fourth-order valence-corrected chi connectivity index (χ4v) is 1.58. The molecule has 1 aromatic carbocycles. The fourth-order valence-electron chi connectivity index (χ4n) is 1.06. The van der Waals surface area contributed by atoms with Crippen LogP contribution in [0.4, 0.5) is 4.39 Å². The molecule has 2 rings (SSSR count). The summed E-state index contributed by atoms with van der Waals surface area (Å²) in [5.41, 5.74) is 0. The predicted octanol–water partition coefficient (Wildman–Crippen LogP) is 4.48. The summed E-state index contributed by atoms with van der Waals surface area (Å²) in [7, 11) is 0. The Morgan fingerprint density at radius 3 is 2.71 bits per heavy atom. The van der Waals surface area contributed by atoms with Crippen molar-refractivity contribution in [2.75, 3.05) is 0 Å². The third-order valence-electron chi connectivity index (χ3n) is 1.82. The molecule has 0 saturated carbocycles. The smallest absolute Gasteiger partial charge is 0.238 e. The monoisotopic (exact) mass is 336 g/mol. The number of nitrogens with zero attached hydrogens (tertiary/aromatic N) is 2. The third-order valence-corrected chi connectivity index (χ3v) is 3.36. The zero-order valence-corrected chi connectivity index (χ0v) is 11.2. The summed E-state index contributed by atoms with van der Waals surface area (Å²) in [6, 6.07) is 4.07. The molecule has 0 fully saturated rings. The maximum Gasteiger partial charge on any atom is 0.238 e. The van der Waals surface area contributed by atoms with Crippen molar-refractivity contribution in [1.29, 1.82) is 0 Å². The van der Waals surface area contributed by atoms with Crippen LogP contribution >= 0.6 is 39.1 Å². The Bertz CT molecular complexity index is 568. The molecule has 3 nitrogen and oxygen atoms in total. The van der Waals surface area contributed by atoms with E-state index in [0.717, 1.165) is 6.07 Å². The van der Waals surface area contributed by atoms with Gasteiger partial charge in [-0.1, -0.05) is 23.2 Å². The van der Waals surface area contributed by atoms with E-state index in [9.17, 15) is 4.39 Å². The highest BCUT2D eigenvalue weighted by Crippen LogP contribution is 2.32. The number of rotatable bonds is 2. The maximum absolute atomic E-state index is 13.2. The summed E-state index contributed by atoms with van der Waals surface area (Å²) < 4.78 is 18.9. The van der Waals surface area contributed by atoms with Crippen LogP contribution in [-0.2, 0) is 0 Å². The Morgan fingerprint density at radius 1 is 1.24 bits per heavy atom. The van der Waals surface area contributed by atoms with Gasteiger partial charge in [-0.3, -0.25) is 0 Å². The van der Waals surface area contributed by atoms with Gasteiger partial charge < -0.3 is 4.74 Å². The average Bonchev–Trinajstić information content (AvgIpc) is 2.30. The first-order chi connectivity index (χ1) is 8.08. The van der Waals surface area contributed by atoms with Gasteiger partial charge in [-0.05, 0) is 28.1 Å². The molecule has 0 aliphatic rings. The molecule has 0 N–H and O–H groups in total. The van der Waals surface area contributed by atoms with Gasteiger partial charge in [-0.25, -0.2) is 14.4 Å². The second kappa shape index (κ2) is 5.16. The molecule has 2 aromatic rings. The minimum absolute atomic E-state index is 0.0251. The van der Waals surface area contributed by atoms with Crippen LogP contribution in [0.1, 0.15) is 0 Å². The summed E-state index contributed by atoms with van der Waals surface area (Å²) in [5, 5.41) is 0.238. The molecule has 0 aliphatic heterocycles. The van der Waals surface area contributed by atoms with Crippen LogP contribution in [0, 0.1) is 5.82 Å². The van der Waals surface area contributed by atoms with E-state index in [2.05, 4.69) is 25.9 Å². The van der Waals surface area contributed by atoms with Crippen molar-refractivity contribution < 1.29 is 9.13 Å². The van der Waals surface area contributed by atoms with Gasteiger partial charge in [0.05, 0.1) is 5.02 Å². The number of hydrogen-bond acceptors (Lipinski definition) is 3. The maximum atomic E-state index is 13.2. The molecule has 0 amide bonds. The lowest BCUT2D eigenvalue weighted by Gasteiger charge is -2.07. The SMILES string of the molecule is Fc1cc(Oc2ncnc(Cl)c2Br)ccc1Cl. The molecule has 88 valence electrons. The molecular formula is C10H4BrCl2FN2O. The average molecular weight is 338 g/mol. The first kappa shape index (κ1) is 12.5. The van der Waals surface area contributed by atoms with E-state index < -0.39 is 5.82 Å². The van der Waals surface area contributed by atoms with Crippen LogP contribution in [0.5, 0.6) is 11.6 Å². The quantitative estimate of drug-likeness (QED) is 0.758. The number of ether oxygens (including phenoxy) is 1. The van der Waals surface area contributed by atoms with Gasteiger partial charge in [0, 0.05) is 6.07 Å². The van der Waals surface area contributed by atoms with Crippen LogP contribution in [0.15, 0.2) is 29.0 Å².